The lowest BCUT2D eigenvalue weighted by molar-refractivity contribution is -0.116. The molecule has 5 nitrogen and oxygen atoms in total. The molecule has 1 aliphatic heterocycles. The normalized spacial score (nSPS) is 14.0. The van der Waals surface area contributed by atoms with Crippen LogP contribution in [0.4, 0.5) is 5.69 Å². The second-order valence-electron chi connectivity index (χ2n) is 5.73. The summed E-state index contributed by atoms with van der Waals surface area (Å²) in [6.07, 6.45) is 6.42. The predicted molar refractivity (Wildman–Crippen MR) is 87.9 cm³/mol. The monoisotopic (exact) mass is 303 g/mol. The molecule has 0 spiro atoms. The molecule has 0 unspecified atom stereocenters. The number of benzene rings is 1. The molecule has 0 aliphatic carbocycles. The van der Waals surface area contributed by atoms with Gasteiger partial charge in [-0.1, -0.05) is 12.8 Å². The smallest absolute Gasteiger partial charge is 0.251 e. The molecule has 2 rings (SSSR count). The largest absolute Gasteiger partial charge is 0.352 e. The molecule has 22 heavy (non-hydrogen) atoms. The molecule has 1 heterocycles. The Labute approximate surface area is 131 Å². The number of hydrogen-bond donors (Lipinski definition) is 3. The van der Waals surface area contributed by atoms with Crippen LogP contribution in [0.2, 0.25) is 0 Å². The van der Waals surface area contributed by atoms with Crippen molar-refractivity contribution < 1.29 is 9.59 Å². The van der Waals surface area contributed by atoms with Crippen molar-refractivity contribution in [3.05, 3.63) is 29.3 Å². The molecular weight excluding hydrogens is 278 g/mol. The number of aryl methyl sites for hydroxylation is 1. The number of nitrogens with one attached hydrogen (secondary N) is 2. The maximum absolute atomic E-state index is 12.2. The molecule has 0 bridgehead atoms. The van der Waals surface area contributed by atoms with E-state index in [0.717, 1.165) is 56.3 Å². The lowest BCUT2D eigenvalue weighted by Gasteiger charge is -2.10. The summed E-state index contributed by atoms with van der Waals surface area (Å²) in [5.41, 5.74) is 7.99. The number of rotatable bonds is 7. The number of nitrogens with two attached hydrogens (primary N) is 1. The molecule has 0 atom stereocenters. The lowest BCUT2D eigenvalue weighted by atomic mass is 10.0. The molecule has 0 saturated heterocycles. The Morgan fingerprint density at radius 3 is 2.82 bits per heavy atom. The lowest BCUT2D eigenvalue weighted by Crippen LogP contribution is -2.24. The van der Waals surface area contributed by atoms with Gasteiger partial charge in [0.1, 0.15) is 0 Å². The highest BCUT2D eigenvalue weighted by atomic mass is 16.2. The fourth-order valence-electron chi connectivity index (χ4n) is 2.64. The molecule has 0 saturated carbocycles. The quantitative estimate of drug-likeness (QED) is 0.675. The van der Waals surface area contributed by atoms with Crippen molar-refractivity contribution in [1.82, 2.24) is 5.32 Å². The van der Waals surface area contributed by atoms with Crippen LogP contribution in [0.25, 0.3) is 0 Å². The van der Waals surface area contributed by atoms with E-state index in [4.69, 9.17) is 5.73 Å². The highest BCUT2D eigenvalue weighted by Crippen LogP contribution is 2.23. The van der Waals surface area contributed by atoms with E-state index in [1.807, 2.05) is 12.1 Å². The minimum atomic E-state index is -0.0443. The van der Waals surface area contributed by atoms with Gasteiger partial charge in [0.2, 0.25) is 5.91 Å². The van der Waals surface area contributed by atoms with Crippen LogP contribution in [0.3, 0.4) is 0 Å². The van der Waals surface area contributed by atoms with Crippen LogP contribution in [-0.4, -0.2) is 24.9 Å². The highest BCUT2D eigenvalue weighted by Gasteiger charge is 2.14. The number of fused-ring (bicyclic) bond motifs is 1. The Hall–Kier alpha value is -1.88. The number of hydrogen-bond acceptors (Lipinski definition) is 3. The molecule has 120 valence electrons. The van der Waals surface area contributed by atoms with Gasteiger partial charge in [-0.15, -0.1) is 0 Å². The van der Waals surface area contributed by atoms with Crippen molar-refractivity contribution in [2.75, 3.05) is 18.4 Å². The standard InChI is InChI=1S/C17H25N3O2/c18-10-3-1-2-4-11-19-17(22)14-8-9-15-13(12-14)6-5-7-16(21)20-15/h8-9,12H,1-7,10-11,18H2,(H,19,22)(H,20,21). The fourth-order valence-corrected chi connectivity index (χ4v) is 2.64. The fraction of sp³-hybridized carbons (Fsp3) is 0.529. The highest BCUT2D eigenvalue weighted by molar-refractivity contribution is 5.97. The van der Waals surface area contributed by atoms with Crippen LogP contribution in [0.5, 0.6) is 0 Å². The van der Waals surface area contributed by atoms with Crippen molar-refractivity contribution in [3.8, 4) is 0 Å². The predicted octanol–water partition coefficient (Wildman–Crippen LogP) is 2.21. The topological polar surface area (TPSA) is 84.2 Å². The SMILES string of the molecule is NCCCCCCNC(=O)c1ccc2c(c1)CCCC(=O)N2. The van der Waals surface area contributed by atoms with E-state index in [9.17, 15) is 9.59 Å². The van der Waals surface area contributed by atoms with Crippen LogP contribution in [0.1, 0.15) is 54.4 Å². The summed E-state index contributed by atoms with van der Waals surface area (Å²) in [5, 5.41) is 5.83. The molecule has 1 aliphatic rings. The van der Waals surface area contributed by atoms with Gasteiger partial charge in [0.05, 0.1) is 0 Å². The third kappa shape index (κ3) is 4.84. The summed E-state index contributed by atoms with van der Waals surface area (Å²) >= 11 is 0. The van der Waals surface area contributed by atoms with E-state index in [2.05, 4.69) is 10.6 Å². The number of anilines is 1. The maximum Gasteiger partial charge on any atom is 0.251 e. The summed E-state index contributed by atoms with van der Waals surface area (Å²) in [6, 6.07) is 5.49. The number of unbranched alkanes of at least 4 members (excludes halogenated alkanes) is 3. The van der Waals surface area contributed by atoms with Gasteiger partial charge < -0.3 is 16.4 Å². The first-order chi connectivity index (χ1) is 10.7. The number of carbonyl (C=O) groups is 2. The first-order valence-corrected chi connectivity index (χ1v) is 8.12. The Morgan fingerprint density at radius 1 is 1.18 bits per heavy atom. The third-order valence-electron chi connectivity index (χ3n) is 3.91. The van der Waals surface area contributed by atoms with E-state index >= 15 is 0 Å². The van der Waals surface area contributed by atoms with E-state index < -0.39 is 0 Å². The molecular formula is C17H25N3O2. The van der Waals surface area contributed by atoms with E-state index in [-0.39, 0.29) is 11.8 Å². The zero-order chi connectivity index (χ0) is 15.8. The summed E-state index contributed by atoms with van der Waals surface area (Å²) in [7, 11) is 0. The molecule has 1 aromatic rings. The van der Waals surface area contributed by atoms with Crippen LogP contribution in [-0.2, 0) is 11.2 Å². The maximum atomic E-state index is 12.2. The molecule has 0 fully saturated rings. The van der Waals surface area contributed by atoms with Gasteiger partial charge in [-0.05, 0) is 56.0 Å². The summed E-state index contributed by atoms with van der Waals surface area (Å²) < 4.78 is 0. The Balaban J connectivity index is 1.85. The molecule has 0 radical (unpaired) electrons. The number of amides is 2. The second kappa shape index (κ2) is 8.54. The Kier molecular flexibility index (Phi) is 6.40. The van der Waals surface area contributed by atoms with Gasteiger partial charge in [0, 0.05) is 24.2 Å². The van der Waals surface area contributed by atoms with Gasteiger partial charge in [-0.2, -0.15) is 0 Å². The van der Waals surface area contributed by atoms with Gasteiger partial charge in [-0.3, -0.25) is 9.59 Å². The second-order valence-corrected chi connectivity index (χ2v) is 5.73. The summed E-state index contributed by atoms with van der Waals surface area (Å²) in [4.78, 5) is 23.7. The molecule has 5 heteroatoms. The molecule has 0 aromatic heterocycles. The molecule has 1 aromatic carbocycles. The van der Waals surface area contributed by atoms with Crippen molar-refractivity contribution >= 4 is 17.5 Å². The third-order valence-corrected chi connectivity index (χ3v) is 3.91. The van der Waals surface area contributed by atoms with Crippen LogP contribution < -0.4 is 16.4 Å². The Bertz CT molecular complexity index is 529. The average molecular weight is 303 g/mol. The van der Waals surface area contributed by atoms with Gasteiger partial charge in [0.15, 0.2) is 0 Å². The van der Waals surface area contributed by atoms with Crippen LogP contribution in [0.15, 0.2) is 18.2 Å². The zero-order valence-electron chi connectivity index (χ0n) is 13.0. The number of carbonyl (C=O) groups excluding carboxylic acids is 2. The average Bonchev–Trinajstić information content (AvgIpc) is 2.70. The minimum absolute atomic E-state index is 0.0443. The van der Waals surface area contributed by atoms with E-state index in [1.54, 1.807) is 6.07 Å². The van der Waals surface area contributed by atoms with Crippen molar-refractivity contribution in [1.29, 1.82) is 0 Å². The van der Waals surface area contributed by atoms with Gasteiger partial charge >= 0.3 is 0 Å². The molecule has 2 amide bonds. The summed E-state index contributed by atoms with van der Waals surface area (Å²) in [5.74, 6) is 0.00521. The van der Waals surface area contributed by atoms with Gasteiger partial charge in [0.25, 0.3) is 5.91 Å². The van der Waals surface area contributed by atoms with Crippen LogP contribution in [0, 0.1) is 0 Å². The summed E-state index contributed by atoms with van der Waals surface area (Å²) in [6.45, 7) is 1.43. The van der Waals surface area contributed by atoms with Gasteiger partial charge in [-0.25, -0.2) is 0 Å². The first-order valence-electron chi connectivity index (χ1n) is 8.12. The van der Waals surface area contributed by atoms with Crippen molar-refractivity contribution in [2.45, 2.75) is 44.9 Å². The first kappa shape index (κ1) is 16.5. The van der Waals surface area contributed by atoms with Crippen molar-refractivity contribution in [2.24, 2.45) is 5.73 Å². The van der Waals surface area contributed by atoms with Crippen molar-refractivity contribution in [3.63, 3.8) is 0 Å². The Morgan fingerprint density at radius 2 is 2.00 bits per heavy atom. The zero-order valence-corrected chi connectivity index (χ0v) is 13.0. The van der Waals surface area contributed by atoms with E-state index in [0.29, 0.717) is 18.5 Å². The van der Waals surface area contributed by atoms with Crippen LogP contribution >= 0.6 is 0 Å². The van der Waals surface area contributed by atoms with E-state index in [1.165, 1.54) is 0 Å². The molecule has 4 N–H and O–H groups in total. The minimum Gasteiger partial charge on any atom is -0.352 e.